The predicted molar refractivity (Wildman–Crippen MR) is 79.4 cm³/mol. The third kappa shape index (κ3) is 3.31. The Balaban J connectivity index is 1.99. The lowest BCUT2D eigenvalue weighted by atomic mass is 10.1. The number of amidine groups is 2. The average molecular weight is 258 g/mol. The van der Waals surface area contributed by atoms with Crippen molar-refractivity contribution in [2.45, 2.75) is 26.2 Å². The fourth-order valence-corrected chi connectivity index (χ4v) is 1.70. The lowest BCUT2D eigenvalue weighted by Gasteiger charge is -2.04. The van der Waals surface area contributed by atoms with Gasteiger partial charge < -0.3 is 11.5 Å². The topological polar surface area (TPSA) is 101 Å². The molecular weight excluding hydrogens is 240 g/mol. The van der Waals surface area contributed by atoms with Crippen molar-refractivity contribution < 1.29 is 0 Å². The van der Waals surface area contributed by atoms with Crippen molar-refractivity contribution in [3.05, 3.63) is 29.8 Å². The Kier molecular flexibility index (Phi) is 4.12. The Morgan fingerprint density at radius 3 is 2.32 bits per heavy atom. The van der Waals surface area contributed by atoms with Gasteiger partial charge in [0.15, 0.2) is 17.4 Å². The third-order valence-corrected chi connectivity index (χ3v) is 2.82. The van der Waals surface area contributed by atoms with Gasteiger partial charge in [0.25, 0.3) is 0 Å². The summed E-state index contributed by atoms with van der Waals surface area (Å²) >= 11 is 0. The fraction of sp³-hybridized carbons (Fsp3) is 0.308. The molecule has 1 aliphatic heterocycles. The summed E-state index contributed by atoms with van der Waals surface area (Å²) in [5, 5.41) is 11.4. The summed E-state index contributed by atoms with van der Waals surface area (Å²) in [5.41, 5.74) is 16.7. The summed E-state index contributed by atoms with van der Waals surface area (Å²) in [6.45, 7) is 2.19. The van der Waals surface area contributed by atoms with E-state index in [-0.39, 0.29) is 11.7 Å². The first-order valence-corrected chi connectivity index (χ1v) is 6.30. The number of hydrogen-bond acceptors (Lipinski definition) is 6. The SMILES string of the molecule is CCCCc1ccc(NN=C2C(N)=NN=C2N)cc1. The van der Waals surface area contributed by atoms with Gasteiger partial charge in [-0.2, -0.15) is 5.10 Å². The van der Waals surface area contributed by atoms with Crippen LogP contribution in [-0.4, -0.2) is 17.4 Å². The number of rotatable bonds is 5. The second-order valence-corrected chi connectivity index (χ2v) is 4.34. The molecule has 0 aromatic heterocycles. The zero-order valence-corrected chi connectivity index (χ0v) is 10.9. The standard InChI is InChI=1S/C13H18N6/c1-2-3-4-9-5-7-10(8-6-9)16-17-11-12(14)18-19-13(11)15/h5-8,16H,2-4H2,1H3,(H4,14,15,17,18,19). The molecule has 0 aliphatic carbocycles. The van der Waals surface area contributed by atoms with Crippen molar-refractivity contribution in [3.8, 4) is 0 Å². The Morgan fingerprint density at radius 1 is 1.11 bits per heavy atom. The first-order valence-electron chi connectivity index (χ1n) is 6.30. The smallest absolute Gasteiger partial charge is 0.177 e. The molecule has 0 amide bonds. The summed E-state index contributed by atoms with van der Waals surface area (Å²) in [7, 11) is 0. The number of benzene rings is 1. The molecule has 6 nitrogen and oxygen atoms in total. The highest BCUT2D eigenvalue weighted by atomic mass is 15.4. The molecule has 2 rings (SSSR count). The van der Waals surface area contributed by atoms with Crippen LogP contribution in [0.15, 0.2) is 39.6 Å². The minimum atomic E-state index is 0.226. The van der Waals surface area contributed by atoms with Crippen molar-refractivity contribution in [3.63, 3.8) is 0 Å². The largest absolute Gasteiger partial charge is 0.380 e. The zero-order chi connectivity index (χ0) is 13.7. The normalized spacial score (nSPS) is 14.1. The lowest BCUT2D eigenvalue weighted by molar-refractivity contribution is 0.795. The molecule has 1 aromatic rings. The molecule has 0 radical (unpaired) electrons. The van der Waals surface area contributed by atoms with E-state index in [1.165, 1.54) is 18.4 Å². The minimum Gasteiger partial charge on any atom is -0.380 e. The van der Waals surface area contributed by atoms with Gasteiger partial charge in [0.1, 0.15) is 0 Å². The number of nitrogens with zero attached hydrogens (tertiary/aromatic N) is 3. The molecule has 6 heteroatoms. The Bertz CT molecular complexity index is 507. The number of nitrogens with two attached hydrogens (primary N) is 2. The summed E-state index contributed by atoms with van der Waals surface area (Å²) < 4.78 is 0. The van der Waals surface area contributed by atoms with Gasteiger partial charge in [-0.05, 0) is 30.5 Å². The van der Waals surface area contributed by atoms with Crippen molar-refractivity contribution in [2.75, 3.05) is 5.43 Å². The van der Waals surface area contributed by atoms with Crippen molar-refractivity contribution in [1.29, 1.82) is 0 Å². The van der Waals surface area contributed by atoms with Crippen LogP contribution in [0.1, 0.15) is 25.3 Å². The molecule has 0 saturated carbocycles. The maximum absolute atomic E-state index is 5.60. The summed E-state index contributed by atoms with van der Waals surface area (Å²) in [6, 6.07) is 8.12. The summed E-state index contributed by atoms with van der Waals surface area (Å²) in [5.74, 6) is 0.453. The molecule has 5 N–H and O–H groups in total. The number of hydrazone groups is 1. The molecule has 0 fully saturated rings. The predicted octanol–water partition coefficient (Wildman–Crippen LogP) is 1.44. The molecule has 100 valence electrons. The maximum atomic E-state index is 5.60. The van der Waals surface area contributed by atoms with E-state index in [2.05, 4.69) is 39.8 Å². The summed E-state index contributed by atoms with van der Waals surface area (Å²) in [6.07, 6.45) is 3.50. The van der Waals surface area contributed by atoms with Gasteiger partial charge in [-0.15, -0.1) is 10.2 Å². The number of hydrogen-bond donors (Lipinski definition) is 3. The number of nitrogens with one attached hydrogen (secondary N) is 1. The molecule has 0 unspecified atom stereocenters. The van der Waals surface area contributed by atoms with Gasteiger partial charge >= 0.3 is 0 Å². The van der Waals surface area contributed by atoms with Crippen LogP contribution in [0.3, 0.4) is 0 Å². The number of aryl methyl sites for hydroxylation is 1. The average Bonchev–Trinajstić information content (AvgIpc) is 2.75. The van der Waals surface area contributed by atoms with E-state index in [0.717, 1.165) is 12.1 Å². The highest BCUT2D eigenvalue weighted by Gasteiger charge is 2.16. The molecular formula is C13H18N6. The van der Waals surface area contributed by atoms with Gasteiger partial charge in [0.2, 0.25) is 0 Å². The van der Waals surface area contributed by atoms with E-state index in [0.29, 0.717) is 5.71 Å². The number of anilines is 1. The molecule has 0 bridgehead atoms. The molecule has 0 atom stereocenters. The van der Waals surface area contributed by atoms with E-state index in [1.54, 1.807) is 0 Å². The van der Waals surface area contributed by atoms with Crippen molar-refractivity contribution >= 4 is 23.1 Å². The second-order valence-electron chi connectivity index (χ2n) is 4.34. The Morgan fingerprint density at radius 2 is 1.74 bits per heavy atom. The first-order chi connectivity index (χ1) is 9.20. The molecule has 1 aromatic carbocycles. The molecule has 0 spiro atoms. The van der Waals surface area contributed by atoms with Gasteiger partial charge in [0.05, 0.1) is 5.69 Å². The fourth-order valence-electron chi connectivity index (χ4n) is 1.70. The highest BCUT2D eigenvalue weighted by molar-refractivity contribution is 6.68. The van der Waals surface area contributed by atoms with Crippen molar-refractivity contribution in [2.24, 2.45) is 26.8 Å². The van der Waals surface area contributed by atoms with Crippen LogP contribution in [0.25, 0.3) is 0 Å². The monoisotopic (exact) mass is 258 g/mol. The molecule has 0 saturated heterocycles. The maximum Gasteiger partial charge on any atom is 0.177 e. The van der Waals surface area contributed by atoms with Gasteiger partial charge in [-0.3, -0.25) is 5.43 Å². The van der Waals surface area contributed by atoms with E-state index < -0.39 is 0 Å². The van der Waals surface area contributed by atoms with Crippen LogP contribution in [0.4, 0.5) is 5.69 Å². The quantitative estimate of drug-likeness (QED) is 0.696. The first kappa shape index (κ1) is 13.1. The van der Waals surface area contributed by atoms with E-state index in [1.807, 2.05) is 12.1 Å². The molecule has 1 heterocycles. The van der Waals surface area contributed by atoms with Crippen LogP contribution >= 0.6 is 0 Å². The van der Waals surface area contributed by atoms with Crippen LogP contribution in [0, 0.1) is 0 Å². The summed E-state index contributed by atoms with van der Waals surface area (Å²) in [4.78, 5) is 0. The van der Waals surface area contributed by atoms with Crippen LogP contribution < -0.4 is 16.9 Å². The lowest BCUT2D eigenvalue weighted by Crippen LogP contribution is -2.32. The van der Waals surface area contributed by atoms with Crippen LogP contribution in [0.5, 0.6) is 0 Å². The van der Waals surface area contributed by atoms with Gasteiger partial charge in [0, 0.05) is 0 Å². The van der Waals surface area contributed by atoms with Crippen LogP contribution in [-0.2, 0) is 6.42 Å². The second kappa shape index (κ2) is 5.99. The van der Waals surface area contributed by atoms with Crippen molar-refractivity contribution in [1.82, 2.24) is 0 Å². The van der Waals surface area contributed by atoms with E-state index >= 15 is 0 Å². The molecule has 1 aliphatic rings. The zero-order valence-electron chi connectivity index (χ0n) is 10.9. The Hall–Kier alpha value is -2.37. The van der Waals surface area contributed by atoms with Gasteiger partial charge in [-0.25, -0.2) is 0 Å². The van der Waals surface area contributed by atoms with Gasteiger partial charge in [-0.1, -0.05) is 25.5 Å². The van der Waals surface area contributed by atoms with E-state index in [4.69, 9.17) is 11.5 Å². The minimum absolute atomic E-state index is 0.226. The van der Waals surface area contributed by atoms with E-state index in [9.17, 15) is 0 Å². The highest BCUT2D eigenvalue weighted by Crippen LogP contribution is 2.12. The van der Waals surface area contributed by atoms with Crippen LogP contribution in [0.2, 0.25) is 0 Å². The molecule has 19 heavy (non-hydrogen) atoms. The Labute approximate surface area is 112 Å². The number of unbranched alkanes of at least 4 members (excludes halogenated alkanes) is 1. The third-order valence-electron chi connectivity index (χ3n) is 2.82.